The first-order valence-electron chi connectivity index (χ1n) is 8.07. The molecule has 1 saturated carbocycles. The van der Waals surface area contributed by atoms with Crippen molar-refractivity contribution in [1.29, 1.82) is 0 Å². The molecule has 1 aliphatic carbocycles. The Morgan fingerprint density at radius 3 is 2.55 bits per heavy atom. The highest BCUT2D eigenvalue weighted by Crippen LogP contribution is 2.30. The van der Waals surface area contributed by atoms with Crippen LogP contribution in [0.15, 0.2) is 12.4 Å². The molecule has 1 aromatic heterocycles. The Morgan fingerprint density at radius 1 is 1.05 bits per heavy atom. The summed E-state index contributed by atoms with van der Waals surface area (Å²) in [6.45, 7) is 3.00. The molecule has 20 heavy (non-hydrogen) atoms. The highest BCUT2D eigenvalue weighted by atomic mass is 16.5. The lowest BCUT2D eigenvalue weighted by Gasteiger charge is -2.23. The second kappa shape index (κ2) is 7.02. The number of hydrogen-bond acceptors (Lipinski definition) is 4. The Labute approximate surface area is 121 Å². The van der Waals surface area contributed by atoms with Crippen LogP contribution in [0.5, 0.6) is 5.75 Å². The van der Waals surface area contributed by atoms with Crippen LogP contribution in [-0.4, -0.2) is 29.7 Å². The van der Waals surface area contributed by atoms with Crippen LogP contribution in [0.1, 0.15) is 56.7 Å². The van der Waals surface area contributed by atoms with Gasteiger partial charge in [-0.2, -0.15) is 0 Å². The Bertz CT molecular complexity index is 395. The van der Waals surface area contributed by atoms with Crippen LogP contribution in [0.4, 0.5) is 0 Å². The third-order valence-electron chi connectivity index (χ3n) is 4.50. The van der Waals surface area contributed by atoms with Crippen LogP contribution in [0, 0.1) is 5.92 Å². The third kappa shape index (κ3) is 3.69. The molecule has 2 aliphatic rings. The molecule has 4 heteroatoms. The molecular formula is C16H25N3O. The summed E-state index contributed by atoms with van der Waals surface area (Å²) in [6.07, 6.45) is 12.7. The molecular weight excluding hydrogens is 250 g/mol. The fraction of sp³-hybridized carbons (Fsp3) is 0.750. The molecule has 3 rings (SSSR count). The van der Waals surface area contributed by atoms with E-state index in [4.69, 9.17) is 4.74 Å². The van der Waals surface area contributed by atoms with Gasteiger partial charge in [-0.3, -0.25) is 0 Å². The van der Waals surface area contributed by atoms with Crippen LogP contribution >= 0.6 is 0 Å². The van der Waals surface area contributed by atoms with Crippen molar-refractivity contribution in [3.05, 3.63) is 18.2 Å². The van der Waals surface area contributed by atoms with E-state index in [1.807, 2.05) is 12.4 Å². The Morgan fingerprint density at radius 2 is 1.85 bits per heavy atom. The van der Waals surface area contributed by atoms with Gasteiger partial charge in [-0.1, -0.05) is 19.3 Å². The summed E-state index contributed by atoms with van der Waals surface area (Å²) in [7, 11) is 0. The Hall–Kier alpha value is -1.16. The van der Waals surface area contributed by atoms with E-state index in [0.29, 0.717) is 11.8 Å². The van der Waals surface area contributed by atoms with Crippen LogP contribution in [-0.2, 0) is 0 Å². The predicted octanol–water partition coefficient (Wildman–Crippen LogP) is 2.90. The van der Waals surface area contributed by atoms with Crippen molar-refractivity contribution in [2.75, 3.05) is 19.7 Å². The van der Waals surface area contributed by atoms with Crippen molar-refractivity contribution in [3.8, 4) is 5.75 Å². The van der Waals surface area contributed by atoms with Gasteiger partial charge in [0.2, 0.25) is 0 Å². The molecule has 0 bridgehead atoms. The molecule has 0 spiro atoms. The highest BCUT2D eigenvalue weighted by molar-refractivity contribution is 5.14. The first-order valence-corrected chi connectivity index (χ1v) is 8.07. The number of nitrogens with one attached hydrogen (secondary N) is 1. The fourth-order valence-corrected chi connectivity index (χ4v) is 3.25. The van der Waals surface area contributed by atoms with Gasteiger partial charge in [0.15, 0.2) is 5.75 Å². The normalized spacial score (nSPS) is 24.5. The van der Waals surface area contributed by atoms with E-state index in [-0.39, 0.29) is 0 Å². The molecule has 1 unspecified atom stereocenters. The summed E-state index contributed by atoms with van der Waals surface area (Å²) >= 11 is 0. The van der Waals surface area contributed by atoms with Crippen LogP contribution in [0.3, 0.4) is 0 Å². The van der Waals surface area contributed by atoms with Crippen molar-refractivity contribution < 1.29 is 4.74 Å². The van der Waals surface area contributed by atoms with E-state index in [1.165, 1.54) is 44.9 Å². The first kappa shape index (κ1) is 13.8. The number of rotatable bonds is 4. The van der Waals surface area contributed by atoms with Crippen molar-refractivity contribution in [1.82, 2.24) is 15.3 Å². The molecule has 0 amide bonds. The number of ether oxygens (including phenoxy) is 1. The van der Waals surface area contributed by atoms with Crippen molar-refractivity contribution in [2.24, 2.45) is 5.92 Å². The minimum Gasteiger partial charge on any atom is -0.490 e. The summed E-state index contributed by atoms with van der Waals surface area (Å²) in [5, 5.41) is 3.41. The molecule has 2 fully saturated rings. The molecule has 110 valence electrons. The fourth-order valence-electron chi connectivity index (χ4n) is 3.25. The standard InChI is InChI=1S/C16H25N3O/c1-2-6-14(7-3-1)16-18-10-15(11-19-16)20-12-13-5-4-8-17-9-13/h10-11,13-14,17H,1-9,12H2. The van der Waals surface area contributed by atoms with Crippen molar-refractivity contribution in [3.63, 3.8) is 0 Å². The van der Waals surface area contributed by atoms with Crippen LogP contribution in [0.25, 0.3) is 0 Å². The van der Waals surface area contributed by atoms with E-state index in [1.54, 1.807) is 0 Å². The molecule has 4 nitrogen and oxygen atoms in total. The lowest BCUT2D eigenvalue weighted by atomic mass is 9.89. The molecule has 0 radical (unpaired) electrons. The van der Waals surface area contributed by atoms with Crippen LogP contribution in [0.2, 0.25) is 0 Å². The highest BCUT2D eigenvalue weighted by Gasteiger charge is 2.18. The van der Waals surface area contributed by atoms with E-state index in [0.717, 1.165) is 31.3 Å². The average molecular weight is 275 g/mol. The molecule has 1 atom stereocenters. The number of hydrogen-bond donors (Lipinski definition) is 1. The summed E-state index contributed by atoms with van der Waals surface area (Å²) in [5.41, 5.74) is 0. The van der Waals surface area contributed by atoms with Gasteiger partial charge in [-0.25, -0.2) is 9.97 Å². The quantitative estimate of drug-likeness (QED) is 0.918. The molecule has 2 heterocycles. The molecule has 0 aromatic carbocycles. The largest absolute Gasteiger partial charge is 0.490 e. The van der Waals surface area contributed by atoms with Gasteiger partial charge in [0.1, 0.15) is 5.82 Å². The van der Waals surface area contributed by atoms with Gasteiger partial charge in [0, 0.05) is 18.4 Å². The maximum atomic E-state index is 5.82. The zero-order chi connectivity index (χ0) is 13.6. The second-order valence-corrected chi connectivity index (χ2v) is 6.14. The lowest BCUT2D eigenvalue weighted by Crippen LogP contribution is -2.33. The summed E-state index contributed by atoms with van der Waals surface area (Å²) < 4.78 is 5.82. The van der Waals surface area contributed by atoms with Crippen LogP contribution < -0.4 is 10.1 Å². The maximum Gasteiger partial charge on any atom is 0.155 e. The van der Waals surface area contributed by atoms with E-state index < -0.39 is 0 Å². The zero-order valence-electron chi connectivity index (χ0n) is 12.2. The number of aromatic nitrogens is 2. The van der Waals surface area contributed by atoms with Gasteiger partial charge in [0.05, 0.1) is 19.0 Å². The Kier molecular flexibility index (Phi) is 4.85. The number of piperidine rings is 1. The molecule has 1 N–H and O–H groups in total. The van der Waals surface area contributed by atoms with E-state index in [9.17, 15) is 0 Å². The van der Waals surface area contributed by atoms with Gasteiger partial charge >= 0.3 is 0 Å². The van der Waals surface area contributed by atoms with Gasteiger partial charge in [0.25, 0.3) is 0 Å². The maximum absolute atomic E-state index is 5.82. The van der Waals surface area contributed by atoms with E-state index >= 15 is 0 Å². The third-order valence-corrected chi connectivity index (χ3v) is 4.50. The van der Waals surface area contributed by atoms with Gasteiger partial charge in [-0.05, 0) is 32.2 Å². The summed E-state index contributed by atoms with van der Waals surface area (Å²) in [5.74, 6) is 3.02. The molecule has 1 saturated heterocycles. The van der Waals surface area contributed by atoms with Crippen molar-refractivity contribution in [2.45, 2.75) is 50.9 Å². The minimum atomic E-state index is 0.570. The predicted molar refractivity (Wildman–Crippen MR) is 78.9 cm³/mol. The molecule has 1 aliphatic heterocycles. The summed E-state index contributed by atoms with van der Waals surface area (Å²) in [4.78, 5) is 9.03. The van der Waals surface area contributed by atoms with E-state index in [2.05, 4.69) is 15.3 Å². The topological polar surface area (TPSA) is 47.0 Å². The SMILES string of the molecule is c1nc(C2CCCCC2)ncc1OCC1CCCNC1. The lowest BCUT2D eigenvalue weighted by molar-refractivity contribution is 0.217. The first-order chi connectivity index (χ1) is 9.92. The monoisotopic (exact) mass is 275 g/mol. The number of nitrogens with zero attached hydrogens (tertiary/aromatic N) is 2. The van der Waals surface area contributed by atoms with Gasteiger partial charge in [-0.15, -0.1) is 0 Å². The summed E-state index contributed by atoms with van der Waals surface area (Å²) in [6, 6.07) is 0. The van der Waals surface area contributed by atoms with Gasteiger partial charge < -0.3 is 10.1 Å². The average Bonchev–Trinajstić information content (AvgIpc) is 2.55. The molecule has 1 aromatic rings. The second-order valence-electron chi connectivity index (χ2n) is 6.14. The Balaban J connectivity index is 1.50. The smallest absolute Gasteiger partial charge is 0.155 e. The zero-order valence-corrected chi connectivity index (χ0v) is 12.2. The minimum absolute atomic E-state index is 0.570. The van der Waals surface area contributed by atoms with Crippen molar-refractivity contribution >= 4 is 0 Å².